The van der Waals surface area contributed by atoms with Gasteiger partial charge in [-0.1, -0.05) is 6.07 Å². The number of rotatable bonds is 4. The number of nitrogens with one attached hydrogen (secondary N) is 3. The second kappa shape index (κ2) is 8.01. The average Bonchev–Trinajstić information content (AvgIpc) is 3.47. The molecule has 1 aliphatic heterocycles. The Balaban J connectivity index is 1.46. The van der Waals surface area contributed by atoms with E-state index >= 15 is 0 Å². The zero-order chi connectivity index (χ0) is 22.4. The van der Waals surface area contributed by atoms with Gasteiger partial charge in [-0.3, -0.25) is 10.1 Å². The van der Waals surface area contributed by atoms with Crippen molar-refractivity contribution in [3.63, 3.8) is 0 Å². The van der Waals surface area contributed by atoms with Crippen molar-refractivity contribution >= 4 is 21.8 Å². The van der Waals surface area contributed by atoms with E-state index in [1.54, 1.807) is 12.3 Å². The number of hydrogen-bond donors (Lipinski definition) is 3. The minimum absolute atomic E-state index is 0.359. The van der Waals surface area contributed by atoms with E-state index in [0.29, 0.717) is 22.9 Å². The molecule has 0 spiro atoms. The maximum Gasteiger partial charge on any atom is 0.127 e. The number of H-pyrrole nitrogens is 2. The van der Waals surface area contributed by atoms with Crippen LogP contribution in [0.15, 0.2) is 54.7 Å². The molecule has 7 heteroatoms. The average molecular weight is 442 g/mol. The molecule has 0 amide bonds. The van der Waals surface area contributed by atoms with Gasteiger partial charge < -0.3 is 15.0 Å². The highest BCUT2D eigenvalue weighted by molar-refractivity contribution is 6.00. The molecule has 5 aromatic rings. The first kappa shape index (κ1) is 19.9. The fraction of sp³-hybridized carbons (Fsp3) is 0.231. The van der Waals surface area contributed by atoms with Crippen molar-refractivity contribution in [2.75, 3.05) is 20.2 Å². The van der Waals surface area contributed by atoms with Crippen LogP contribution in [0.4, 0.5) is 4.39 Å². The third-order valence-electron chi connectivity index (χ3n) is 6.58. The lowest BCUT2D eigenvalue weighted by atomic mass is 9.89. The number of halogens is 1. The van der Waals surface area contributed by atoms with Gasteiger partial charge in [0.05, 0.1) is 24.0 Å². The lowest BCUT2D eigenvalue weighted by Crippen LogP contribution is -2.26. The van der Waals surface area contributed by atoms with Crippen LogP contribution in [-0.4, -0.2) is 40.4 Å². The van der Waals surface area contributed by atoms with Gasteiger partial charge in [0, 0.05) is 34.1 Å². The van der Waals surface area contributed by atoms with Gasteiger partial charge in [-0.25, -0.2) is 4.39 Å². The summed E-state index contributed by atoms with van der Waals surface area (Å²) < 4.78 is 19.4. The predicted octanol–water partition coefficient (Wildman–Crippen LogP) is 5.39. The topological polar surface area (TPSA) is 78.6 Å². The van der Waals surface area contributed by atoms with E-state index in [4.69, 9.17) is 4.74 Å². The Kier molecular flexibility index (Phi) is 4.84. The largest absolute Gasteiger partial charge is 0.497 e. The van der Waals surface area contributed by atoms with E-state index in [-0.39, 0.29) is 5.82 Å². The Bertz CT molecular complexity index is 1460. The van der Waals surface area contributed by atoms with Crippen molar-refractivity contribution < 1.29 is 9.13 Å². The van der Waals surface area contributed by atoms with Crippen LogP contribution in [0.25, 0.3) is 44.5 Å². The fourth-order valence-corrected chi connectivity index (χ4v) is 4.87. The summed E-state index contributed by atoms with van der Waals surface area (Å²) in [7, 11) is 1.53. The normalized spacial score (nSPS) is 14.8. The number of ether oxygens (including phenoxy) is 1. The van der Waals surface area contributed by atoms with Gasteiger partial charge in [0.15, 0.2) is 0 Å². The third kappa shape index (κ3) is 3.54. The van der Waals surface area contributed by atoms with Crippen molar-refractivity contribution in [1.29, 1.82) is 0 Å². The fourth-order valence-electron chi connectivity index (χ4n) is 4.87. The molecule has 0 unspecified atom stereocenters. The number of hydrogen-bond acceptors (Lipinski definition) is 4. The van der Waals surface area contributed by atoms with Crippen LogP contribution in [0.5, 0.6) is 5.75 Å². The van der Waals surface area contributed by atoms with Crippen LogP contribution in [0.1, 0.15) is 24.3 Å². The monoisotopic (exact) mass is 441 g/mol. The van der Waals surface area contributed by atoms with Crippen molar-refractivity contribution in [2.24, 2.45) is 0 Å². The molecule has 33 heavy (non-hydrogen) atoms. The zero-order valence-corrected chi connectivity index (χ0v) is 18.3. The highest BCUT2D eigenvalue weighted by Gasteiger charge is 2.19. The van der Waals surface area contributed by atoms with Gasteiger partial charge in [-0.05, 0) is 73.8 Å². The molecular formula is C26H24FN5O. The minimum Gasteiger partial charge on any atom is -0.497 e. The third-order valence-corrected chi connectivity index (χ3v) is 6.58. The Morgan fingerprint density at radius 1 is 0.939 bits per heavy atom. The first-order valence-corrected chi connectivity index (χ1v) is 11.2. The number of methoxy groups -OCH3 is 1. The van der Waals surface area contributed by atoms with Crippen LogP contribution in [-0.2, 0) is 0 Å². The maximum atomic E-state index is 14.2. The predicted molar refractivity (Wildman–Crippen MR) is 128 cm³/mol. The smallest absolute Gasteiger partial charge is 0.127 e. The van der Waals surface area contributed by atoms with Crippen LogP contribution in [0.3, 0.4) is 0 Å². The van der Waals surface area contributed by atoms with Gasteiger partial charge in [0.25, 0.3) is 0 Å². The molecule has 6 nitrogen and oxygen atoms in total. The molecule has 2 aromatic carbocycles. The van der Waals surface area contributed by atoms with Crippen LogP contribution in [0.2, 0.25) is 0 Å². The molecule has 0 atom stereocenters. The summed E-state index contributed by atoms with van der Waals surface area (Å²) in [5.74, 6) is 0.672. The molecule has 0 bridgehead atoms. The number of fused-ring (bicyclic) bond motifs is 2. The van der Waals surface area contributed by atoms with Gasteiger partial charge in [-0.2, -0.15) is 5.10 Å². The second-order valence-corrected chi connectivity index (χ2v) is 8.59. The Morgan fingerprint density at radius 2 is 1.79 bits per heavy atom. The molecule has 6 rings (SSSR count). The number of nitrogens with zero attached hydrogens (tertiary/aromatic N) is 2. The summed E-state index contributed by atoms with van der Waals surface area (Å²) >= 11 is 0. The van der Waals surface area contributed by atoms with Gasteiger partial charge in [-0.15, -0.1) is 0 Å². The van der Waals surface area contributed by atoms with E-state index in [1.807, 2.05) is 12.1 Å². The highest BCUT2D eigenvalue weighted by atomic mass is 19.1. The molecule has 4 heterocycles. The van der Waals surface area contributed by atoms with Gasteiger partial charge in [0.2, 0.25) is 0 Å². The highest BCUT2D eigenvalue weighted by Crippen LogP contribution is 2.35. The van der Waals surface area contributed by atoms with E-state index in [1.165, 1.54) is 24.8 Å². The zero-order valence-electron chi connectivity index (χ0n) is 18.3. The molecular weight excluding hydrogens is 417 g/mol. The molecule has 3 aromatic heterocycles. The summed E-state index contributed by atoms with van der Waals surface area (Å²) in [6, 6.07) is 15.2. The molecule has 1 fully saturated rings. The molecule has 1 aliphatic rings. The van der Waals surface area contributed by atoms with Gasteiger partial charge >= 0.3 is 0 Å². The van der Waals surface area contributed by atoms with E-state index in [0.717, 1.165) is 59.1 Å². The molecule has 1 saturated heterocycles. The number of aromatic amines is 2. The summed E-state index contributed by atoms with van der Waals surface area (Å²) in [6.45, 7) is 2.12. The van der Waals surface area contributed by atoms with Crippen molar-refractivity contribution in [1.82, 2.24) is 25.5 Å². The molecule has 0 radical (unpaired) electrons. The van der Waals surface area contributed by atoms with Gasteiger partial charge in [0.1, 0.15) is 17.3 Å². The Hall–Kier alpha value is -3.71. The lowest BCUT2D eigenvalue weighted by molar-refractivity contribution is 0.411. The minimum atomic E-state index is -0.359. The number of benzene rings is 2. The molecule has 0 aliphatic carbocycles. The molecule has 3 N–H and O–H groups in total. The number of piperidine rings is 1. The van der Waals surface area contributed by atoms with Crippen molar-refractivity contribution in [2.45, 2.75) is 18.8 Å². The first-order chi connectivity index (χ1) is 16.2. The molecule has 0 saturated carbocycles. The van der Waals surface area contributed by atoms with Crippen molar-refractivity contribution in [3.8, 4) is 28.4 Å². The maximum absolute atomic E-state index is 14.2. The number of pyridine rings is 1. The summed E-state index contributed by atoms with van der Waals surface area (Å²) in [6.07, 6.45) is 4.03. The Morgan fingerprint density at radius 3 is 2.64 bits per heavy atom. The van der Waals surface area contributed by atoms with Crippen LogP contribution >= 0.6 is 0 Å². The quantitative estimate of drug-likeness (QED) is 0.350. The molecule has 166 valence electrons. The Labute approximate surface area is 190 Å². The van der Waals surface area contributed by atoms with E-state index in [9.17, 15) is 4.39 Å². The summed E-state index contributed by atoms with van der Waals surface area (Å²) in [5, 5.41) is 13.2. The van der Waals surface area contributed by atoms with Crippen molar-refractivity contribution in [3.05, 3.63) is 66.1 Å². The number of aromatic nitrogens is 4. The SMILES string of the molecule is COc1cc(F)cc(-c2nccc3[nH]c(-c4n[nH]c5ccc(C6CCNCC6)cc45)cc23)c1. The standard InChI is InChI=1S/C26H24FN5O/c1-33-19-11-17(10-18(27)13-19)25-21-14-24(30-22(21)6-9-29-25)26-20-12-16(2-3-23(20)31-32-26)15-4-7-28-8-5-15/h2-3,6,9-15,28,30H,4-5,7-8H2,1H3,(H,31,32). The first-order valence-electron chi connectivity index (χ1n) is 11.2. The van der Waals surface area contributed by atoms with E-state index < -0.39 is 0 Å². The lowest BCUT2D eigenvalue weighted by Gasteiger charge is -2.23. The summed E-state index contributed by atoms with van der Waals surface area (Å²) in [4.78, 5) is 8.03. The second-order valence-electron chi connectivity index (χ2n) is 8.59. The van der Waals surface area contributed by atoms with Crippen LogP contribution in [0, 0.1) is 5.82 Å². The van der Waals surface area contributed by atoms with Crippen LogP contribution < -0.4 is 10.1 Å². The summed E-state index contributed by atoms with van der Waals surface area (Å²) in [5.41, 5.74) is 6.43. The van der Waals surface area contributed by atoms with E-state index in [2.05, 4.69) is 43.7 Å².